The number of thiophene rings is 1. The molecule has 0 aliphatic carbocycles. The van der Waals surface area contributed by atoms with Crippen LogP contribution < -0.4 is 10.1 Å². The summed E-state index contributed by atoms with van der Waals surface area (Å²) in [6, 6.07) is 13.6. The van der Waals surface area contributed by atoms with Gasteiger partial charge >= 0.3 is 0 Å². The Hall–Kier alpha value is -2.66. The van der Waals surface area contributed by atoms with Crippen molar-refractivity contribution in [3.05, 3.63) is 81.3 Å². The monoisotopic (exact) mass is 355 g/mol. The van der Waals surface area contributed by atoms with Crippen molar-refractivity contribution in [3.63, 3.8) is 0 Å². The summed E-state index contributed by atoms with van der Waals surface area (Å²) in [5, 5.41) is 4.87. The molecule has 0 saturated carbocycles. The molecule has 0 bridgehead atoms. The first-order valence-corrected chi connectivity index (χ1v) is 8.74. The summed E-state index contributed by atoms with van der Waals surface area (Å²) in [6.45, 7) is 4.27. The molecule has 1 N–H and O–H groups in total. The lowest BCUT2D eigenvalue weighted by Crippen LogP contribution is -2.12. The third-order valence-corrected chi connectivity index (χ3v) is 4.79. The van der Waals surface area contributed by atoms with Crippen LogP contribution in [0, 0.1) is 19.7 Å². The smallest absolute Gasteiger partial charge is 0.265 e. The molecule has 3 nitrogen and oxygen atoms in total. The molecule has 128 valence electrons. The first-order valence-electron chi connectivity index (χ1n) is 7.86. The average Bonchev–Trinajstić information content (AvgIpc) is 3.07. The van der Waals surface area contributed by atoms with E-state index >= 15 is 0 Å². The lowest BCUT2D eigenvalue weighted by Gasteiger charge is -2.10. The Labute approximate surface area is 150 Å². The zero-order valence-corrected chi connectivity index (χ0v) is 14.8. The van der Waals surface area contributed by atoms with E-state index in [1.807, 2.05) is 43.5 Å². The van der Waals surface area contributed by atoms with Crippen LogP contribution in [-0.4, -0.2) is 5.91 Å². The Morgan fingerprint density at radius 1 is 1.12 bits per heavy atom. The molecule has 1 amide bonds. The minimum Gasteiger partial charge on any atom is -0.489 e. The van der Waals surface area contributed by atoms with Gasteiger partial charge in [-0.3, -0.25) is 4.79 Å². The van der Waals surface area contributed by atoms with Crippen molar-refractivity contribution in [1.29, 1.82) is 0 Å². The maximum absolute atomic E-state index is 12.9. The molecule has 0 unspecified atom stereocenters. The summed E-state index contributed by atoms with van der Waals surface area (Å²) >= 11 is 1.37. The first kappa shape index (κ1) is 17.2. The van der Waals surface area contributed by atoms with E-state index in [2.05, 4.69) is 5.32 Å². The molecule has 1 heterocycles. The summed E-state index contributed by atoms with van der Waals surface area (Å²) in [4.78, 5) is 13.1. The van der Waals surface area contributed by atoms with Gasteiger partial charge in [-0.05, 0) is 60.7 Å². The first-order chi connectivity index (χ1) is 12.0. The quantitative estimate of drug-likeness (QED) is 0.671. The van der Waals surface area contributed by atoms with Gasteiger partial charge in [0.25, 0.3) is 5.91 Å². The van der Waals surface area contributed by atoms with Gasteiger partial charge in [-0.15, -0.1) is 11.3 Å². The van der Waals surface area contributed by atoms with Gasteiger partial charge in [0.05, 0.1) is 4.88 Å². The van der Waals surface area contributed by atoms with Gasteiger partial charge in [0, 0.05) is 11.3 Å². The highest BCUT2D eigenvalue weighted by Crippen LogP contribution is 2.23. The van der Waals surface area contributed by atoms with Gasteiger partial charge in [-0.25, -0.2) is 4.39 Å². The van der Waals surface area contributed by atoms with Gasteiger partial charge < -0.3 is 10.1 Å². The largest absolute Gasteiger partial charge is 0.489 e. The summed E-state index contributed by atoms with van der Waals surface area (Å²) in [7, 11) is 0. The SMILES string of the molecule is Cc1cccc(C)c1NC(=O)c1cc(COc2ccc(F)cc2)cs1. The summed E-state index contributed by atoms with van der Waals surface area (Å²) < 4.78 is 18.5. The van der Waals surface area contributed by atoms with E-state index in [1.54, 1.807) is 12.1 Å². The van der Waals surface area contributed by atoms with E-state index in [-0.39, 0.29) is 11.7 Å². The molecule has 0 spiro atoms. The Bertz CT molecular complexity index is 867. The minimum atomic E-state index is -0.298. The topological polar surface area (TPSA) is 38.3 Å². The highest BCUT2D eigenvalue weighted by Gasteiger charge is 2.12. The number of hydrogen-bond donors (Lipinski definition) is 1. The molecule has 0 aliphatic heterocycles. The van der Waals surface area contributed by atoms with Crippen molar-refractivity contribution < 1.29 is 13.9 Å². The lowest BCUT2D eigenvalue weighted by atomic mass is 10.1. The number of rotatable bonds is 5. The maximum atomic E-state index is 12.9. The molecule has 2 aromatic carbocycles. The molecule has 3 rings (SSSR count). The molecular formula is C20H18FNO2S. The standard InChI is InChI=1S/C20H18FNO2S/c1-13-4-3-5-14(2)19(13)22-20(23)18-10-15(12-25-18)11-24-17-8-6-16(21)7-9-17/h3-10,12H,11H2,1-2H3,(H,22,23). The number of hydrogen-bond acceptors (Lipinski definition) is 3. The van der Waals surface area contributed by atoms with Crippen LogP contribution in [0.4, 0.5) is 10.1 Å². The van der Waals surface area contributed by atoms with Crippen LogP contribution in [0.15, 0.2) is 53.9 Å². The lowest BCUT2D eigenvalue weighted by molar-refractivity contribution is 0.103. The van der Waals surface area contributed by atoms with Crippen molar-refractivity contribution >= 4 is 22.9 Å². The van der Waals surface area contributed by atoms with Crippen LogP contribution in [0.2, 0.25) is 0 Å². The summed E-state index contributed by atoms with van der Waals surface area (Å²) in [5.74, 6) is 0.165. The second kappa shape index (κ2) is 7.49. The molecule has 1 aromatic heterocycles. The Kier molecular flexibility index (Phi) is 5.14. The molecule has 0 fully saturated rings. The molecule has 0 saturated heterocycles. The van der Waals surface area contributed by atoms with E-state index in [4.69, 9.17) is 4.74 Å². The number of carbonyl (C=O) groups is 1. The average molecular weight is 355 g/mol. The van der Waals surface area contributed by atoms with Crippen LogP contribution in [0.25, 0.3) is 0 Å². The van der Waals surface area contributed by atoms with Gasteiger partial charge in [-0.1, -0.05) is 18.2 Å². The number of ether oxygens (including phenoxy) is 1. The van der Waals surface area contributed by atoms with Crippen molar-refractivity contribution in [2.45, 2.75) is 20.5 Å². The molecule has 3 aromatic rings. The van der Waals surface area contributed by atoms with Crippen LogP contribution in [0.1, 0.15) is 26.4 Å². The van der Waals surface area contributed by atoms with Crippen molar-refractivity contribution in [3.8, 4) is 5.75 Å². The summed E-state index contributed by atoms with van der Waals surface area (Å²) in [6.07, 6.45) is 0. The molecule has 5 heteroatoms. The van der Waals surface area contributed by atoms with Gasteiger partial charge in [0.1, 0.15) is 18.2 Å². The van der Waals surface area contributed by atoms with E-state index in [0.717, 1.165) is 22.4 Å². The second-order valence-electron chi connectivity index (χ2n) is 5.78. The van der Waals surface area contributed by atoms with Crippen molar-refractivity contribution in [2.24, 2.45) is 0 Å². The van der Waals surface area contributed by atoms with Crippen LogP contribution >= 0.6 is 11.3 Å². The minimum absolute atomic E-state index is 0.129. The number of aryl methyl sites for hydroxylation is 2. The summed E-state index contributed by atoms with van der Waals surface area (Å²) in [5.41, 5.74) is 3.82. The number of anilines is 1. The fourth-order valence-electron chi connectivity index (χ4n) is 2.45. The number of carbonyl (C=O) groups excluding carboxylic acids is 1. The van der Waals surface area contributed by atoms with E-state index in [9.17, 15) is 9.18 Å². The third-order valence-electron chi connectivity index (χ3n) is 3.82. The molecule has 25 heavy (non-hydrogen) atoms. The van der Waals surface area contributed by atoms with Crippen LogP contribution in [0.5, 0.6) is 5.75 Å². The normalized spacial score (nSPS) is 10.5. The maximum Gasteiger partial charge on any atom is 0.265 e. The van der Waals surface area contributed by atoms with Crippen molar-refractivity contribution in [1.82, 2.24) is 0 Å². The van der Waals surface area contributed by atoms with E-state index < -0.39 is 0 Å². The predicted octanol–water partition coefficient (Wildman–Crippen LogP) is 5.34. The fourth-order valence-corrected chi connectivity index (χ4v) is 3.25. The zero-order chi connectivity index (χ0) is 17.8. The number of nitrogens with one attached hydrogen (secondary N) is 1. The molecule has 0 atom stereocenters. The number of benzene rings is 2. The van der Waals surface area contributed by atoms with Gasteiger partial charge in [-0.2, -0.15) is 0 Å². The van der Waals surface area contributed by atoms with E-state index in [0.29, 0.717) is 17.2 Å². The molecule has 0 radical (unpaired) electrons. The fraction of sp³-hybridized carbons (Fsp3) is 0.150. The van der Waals surface area contributed by atoms with Gasteiger partial charge in [0.2, 0.25) is 0 Å². The second-order valence-corrected chi connectivity index (χ2v) is 6.69. The highest BCUT2D eigenvalue weighted by atomic mass is 32.1. The van der Waals surface area contributed by atoms with E-state index in [1.165, 1.54) is 23.5 Å². The zero-order valence-electron chi connectivity index (χ0n) is 14.0. The van der Waals surface area contributed by atoms with Gasteiger partial charge in [0.15, 0.2) is 0 Å². The Balaban J connectivity index is 1.64. The molecular weight excluding hydrogens is 337 g/mol. The number of amides is 1. The Morgan fingerprint density at radius 3 is 2.48 bits per heavy atom. The predicted molar refractivity (Wildman–Crippen MR) is 98.9 cm³/mol. The van der Waals surface area contributed by atoms with Crippen molar-refractivity contribution in [2.75, 3.05) is 5.32 Å². The molecule has 0 aliphatic rings. The number of para-hydroxylation sites is 1. The van der Waals surface area contributed by atoms with Crippen LogP contribution in [0.3, 0.4) is 0 Å². The van der Waals surface area contributed by atoms with Crippen LogP contribution in [-0.2, 0) is 6.61 Å². The Morgan fingerprint density at radius 2 is 1.80 bits per heavy atom. The highest BCUT2D eigenvalue weighted by molar-refractivity contribution is 7.12. The number of halogens is 1. The third kappa shape index (κ3) is 4.25.